The van der Waals surface area contributed by atoms with Crippen LogP contribution in [0.15, 0.2) is 29.6 Å². The van der Waals surface area contributed by atoms with Crippen molar-refractivity contribution in [3.8, 4) is 5.75 Å². The molecule has 0 fully saturated rings. The summed E-state index contributed by atoms with van der Waals surface area (Å²) >= 11 is 1.62. The molecular weight excluding hydrogens is 246 g/mol. The first kappa shape index (κ1) is 13.1. The molecule has 0 bridgehead atoms. The van der Waals surface area contributed by atoms with Crippen LogP contribution in [0.3, 0.4) is 0 Å². The topological polar surface area (TPSA) is 42.4 Å². The molecule has 0 saturated heterocycles. The van der Waals surface area contributed by atoms with Crippen LogP contribution in [0.5, 0.6) is 5.75 Å². The molecule has 0 amide bonds. The van der Waals surface area contributed by atoms with Crippen LogP contribution in [0.1, 0.15) is 35.7 Å². The van der Waals surface area contributed by atoms with Crippen molar-refractivity contribution in [2.24, 2.45) is 0 Å². The highest BCUT2D eigenvalue weighted by molar-refractivity contribution is 7.09. The van der Waals surface area contributed by atoms with Crippen LogP contribution in [-0.4, -0.2) is 10.1 Å². The first-order valence-corrected chi connectivity index (χ1v) is 6.89. The molecule has 0 aliphatic rings. The normalized spacial score (nSPS) is 12.4. The Morgan fingerprint density at radius 3 is 2.61 bits per heavy atom. The standard InChI is InChI=1S/C14H17NO2S/c1-3-14(16)11-4-6-13(7-5-11)17-8-12-9-18-10(2)15-12/h4-7,9,14,16H,3,8H2,1-2H3/t14-/m0/s1. The molecule has 2 rings (SSSR count). The molecule has 1 aromatic carbocycles. The Morgan fingerprint density at radius 2 is 2.06 bits per heavy atom. The zero-order valence-corrected chi connectivity index (χ0v) is 11.4. The maximum Gasteiger partial charge on any atom is 0.131 e. The lowest BCUT2D eigenvalue weighted by Crippen LogP contribution is -1.97. The van der Waals surface area contributed by atoms with E-state index in [1.807, 2.05) is 43.5 Å². The third kappa shape index (κ3) is 3.31. The second-order valence-corrected chi connectivity index (χ2v) is 5.20. The minimum absolute atomic E-state index is 0.389. The van der Waals surface area contributed by atoms with Crippen LogP contribution in [0.25, 0.3) is 0 Å². The van der Waals surface area contributed by atoms with E-state index in [2.05, 4.69) is 4.98 Å². The number of aryl methyl sites for hydroxylation is 1. The number of ether oxygens (including phenoxy) is 1. The second-order valence-electron chi connectivity index (χ2n) is 4.14. The number of rotatable bonds is 5. The minimum Gasteiger partial charge on any atom is -0.487 e. The van der Waals surface area contributed by atoms with Gasteiger partial charge in [0.05, 0.1) is 16.8 Å². The van der Waals surface area contributed by atoms with Crippen molar-refractivity contribution in [3.63, 3.8) is 0 Å². The van der Waals surface area contributed by atoms with E-state index < -0.39 is 0 Å². The average Bonchev–Trinajstić information content (AvgIpc) is 2.82. The lowest BCUT2D eigenvalue weighted by Gasteiger charge is -2.09. The molecule has 2 aromatic rings. The van der Waals surface area contributed by atoms with Gasteiger partial charge in [0.25, 0.3) is 0 Å². The van der Waals surface area contributed by atoms with Crippen molar-refractivity contribution in [3.05, 3.63) is 45.9 Å². The Morgan fingerprint density at radius 1 is 1.33 bits per heavy atom. The number of nitrogens with zero attached hydrogens (tertiary/aromatic N) is 1. The van der Waals surface area contributed by atoms with Gasteiger partial charge in [-0.15, -0.1) is 11.3 Å². The quantitative estimate of drug-likeness (QED) is 0.898. The van der Waals surface area contributed by atoms with Crippen LogP contribution in [0.2, 0.25) is 0 Å². The number of aliphatic hydroxyl groups is 1. The van der Waals surface area contributed by atoms with Gasteiger partial charge in [0.2, 0.25) is 0 Å². The summed E-state index contributed by atoms with van der Waals surface area (Å²) in [6.45, 7) is 4.43. The lowest BCUT2D eigenvalue weighted by molar-refractivity contribution is 0.173. The number of hydrogen-bond donors (Lipinski definition) is 1. The van der Waals surface area contributed by atoms with Crippen LogP contribution in [-0.2, 0) is 6.61 Å². The Balaban J connectivity index is 1.94. The summed E-state index contributed by atoms with van der Waals surface area (Å²) in [4.78, 5) is 4.34. The van der Waals surface area contributed by atoms with Gasteiger partial charge < -0.3 is 9.84 Å². The van der Waals surface area contributed by atoms with E-state index in [1.165, 1.54) is 0 Å². The van der Waals surface area contributed by atoms with Crippen LogP contribution in [0.4, 0.5) is 0 Å². The number of aromatic nitrogens is 1. The SMILES string of the molecule is CC[C@H](O)c1ccc(OCc2csc(C)n2)cc1. The molecule has 18 heavy (non-hydrogen) atoms. The molecule has 3 nitrogen and oxygen atoms in total. The third-order valence-corrected chi connectivity index (χ3v) is 3.53. The smallest absolute Gasteiger partial charge is 0.131 e. The fourth-order valence-electron chi connectivity index (χ4n) is 1.65. The molecule has 0 saturated carbocycles. The Hall–Kier alpha value is -1.39. The maximum atomic E-state index is 9.68. The summed E-state index contributed by atoms with van der Waals surface area (Å²) in [6.07, 6.45) is 0.332. The number of benzene rings is 1. The fraction of sp³-hybridized carbons (Fsp3) is 0.357. The monoisotopic (exact) mass is 263 g/mol. The second kappa shape index (κ2) is 5.98. The Kier molecular flexibility index (Phi) is 4.33. The molecule has 1 N–H and O–H groups in total. The summed E-state index contributed by atoms with van der Waals surface area (Å²) < 4.78 is 5.64. The highest BCUT2D eigenvalue weighted by Crippen LogP contribution is 2.20. The molecule has 1 aromatic heterocycles. The highest BCUT2D eigenvalue weighted by Gasteiger charge is 2.05. The molecule has 0 aliphatic heterocycles. The van der Waals surface area contributed by atoms with Crippen molar-refractivity contribution >= 4 is 11.3 Å². The molecule has 1 atom stereocenters. The van der Waals surface area contributed by atoms with Gasteiger partial charge in [0.1, 0.15) is 12.4 Å². The van der Waals surface area contributed by atoms with Gasteiger partial charge in [0.15, 0.2) is 0 Å². The van der Waals surface area contributed by atoms with Gasteiger partial charge in [-0.3, -0.25) is 0 Å². The minimum atomic E-state index is -0.389. The van der Waals surface area contributed by atoms with E-state index in [4.69, 9.17) is 4.74 Å². The summed E-state index contributed by atoms with van der Waals surface area (Å²) in [7, 11) is 0. The molecule has 0 radical (unpaired) electrons. The lowest BCUT2D eigenvalue weighted by atomic mass is 10.1. The number of hydrogen-bond acceptors (Lipinski definition) is 4. The molecule has 96 valence electrons. The van der Waals surface area contributed by atoms with Crippen LogP contribution >= 0.6 is 11.3 Å². The molecular formula is C14H17NO2S. The highest BCUT2D eigenvalue weighted by atomic mass is 32.1. The van der Waals surface area contributed by atoms with Crippen molar-refractivity contribution in [1.29, 1.82) is 0 Å². The van der Waals surface area contributed by atoms with Crippen molar-refractivity contribution in [1.82, 2.24) is 4.98 Å². The van der Waals surface area contributed by atoms with Crippen LogP contribution in [0, 0.1) is 6.92 Å². The van der Waals surface area contributed by atoms with E-state index >= 15 is 0 Å². The number of aliphatic hydroxyl groups excluding tert-OH is 1. The molecule has 1 heterocycles. The first-order valence-electron chi connectivity index (χ1n) is 6.01. The van der Waals surface area contributed by atoms with E-state index in [0.29, 0.717) is 6.61 Å². The van der Waals surface area contributed by atoms with Gasteiger partial charge >= 0.3 is 0 Å². The van der Waals surface area contributed by atoms with Gasteiger partial charge in [-0.25, -0.2) is 4.98 Å². The summed E-state index contributed by atoms with van der Waals surface area (Å²) in [5, 5.41) is 12.7. The largest absolute Gasteiger partial charge is 0.487 e. The van der Waals surface area contributed by atoms with Gasteiger partial charge in [-0.05, 0) is 31.0 Å². The summed E-state index contributed by atoms with van der Waals surface area (Å²) in [5.74, 6) is 0.799. The van der Waals surface area contributed by atoms with Gasteiger partial charge in [0, 0.05) is 5.38 Å². The Labute approximate surface area is 111 Å². The molecule has 0 spiro atoms. The van der Waals surface area contributed by atoms with Crippen LogP contribution < -0.4 is 4.74 Å². The fourth-order valence-corrected chi connectivity index (χ4v) is 2.25. The van der Waals surface area contributed by atoms with Gasteiger partial charge in [-0.1, -0.05) is 19.1 Å². The van der Waals surface area contributed by atoms with Crippen molar-refractivity contribution in [2.75, 3.05) is 0 Å². The number of thiazole rings is 1. The zero-order valence-electron chi connectivity index (χ0n) is 10.6. The summed E-state index contributed by atoms with van der Waals surface area (Å²) in [6, 6.07) is 7.56. The molecule has 0 unspecified atom stereocenters. The predicted octanol–water partition coefficient (Wildman–Crippen LogP) is 3.47. The molecule has 4 heteroatoms. The van der Waals surface area contributed by atoms with Crippen molar-refractivity contribution in [2.45, 2.75) is 33.0 Å². The first-order chi connectivity index (χ1) is 8.69. The van der Waals surface area contributed by atoms with Crippen molar-refractivity contribution < 1.29 is 9.84 Å². The summed E-state index contributed by atoms with van der Waals surface area (Å²) in [5.41, 5.74) is 1.88. The Bertz CT molecular complexity index is 493. The van der Waals surface area contributed by atoms with E-state index in [0.717, 1.165) is 28.4 Å². The van der Waals surface area contributed by atoms with Gasteiger partial charge in [-0.2, -0.15) is 0 Å². The molecule has 0 aliphatic carbocycles. The van der Waals surface area contributed by atoms with E-state index in [9.17, 15) is 5.11 Å². The average molecular weight is 263 g/mol. The van der Waals surface area contributed by atoms with E-state index in [-0.39, 0.29) is 6.10 Å². The van der Waals surface area contributed by atoms with E-state index in [1.54, 1.807) is 11.3 Å². The third-order valence-electron chi connectivity index (χ3n) is 2.70. The zero-order chi connectivity index (χ0) is 13.0. The maximum absolute atomic E-state index is 9.68. The predicted molar refractivity (Wildman–Crippen MR) is 72.9 cm³/mol.